The van der Waals surface area contributed by atoms with E-state index in [0.717, 1.165) is 24.9 Å². The number of aliphatic carboxylic acids is 1. The van der Waals surface area contributed by atoms with Crippen LogP contribution in [0.25, 0.3) is 0 Å². The van der Waals surface area contributed by atoms with E-state index in [0.29, 0.717) is 5.92 Å². The highest BCUT2D eigenvalue weighted by atomic mass is 16.4. The van der Waals surface area contributed by atoms with Gasteiger partial charge in [-0.05, 0) is 43.4 Å². The van der Waals surface area contributed by atoms with Crippen molar-refractivity contribution < 1.29 is 9.90 Å². The number of benzene rings is 1. The third-order valence-corrected chi connectivity index (χ3v) is 2.78. The summed E-state index contributed by atoms with van der Waals surface area (Å²) in [5.74, 6) is -0.558. The third kappa shape index (κ3) is 7.62. The molecule has 1 aromatic carbocycles. The highest BCUT2D eigenvalue weighted by Gasteiger charge is 2.12. The van der Waals surface area contributed by atoms with Crippen LogP contribution in [0, 0.1) is 5.92 Å². The van der Waals surface area contributed by atoms with Crippen LogP contribution in [0.3, 0.4) is 0 Å². The van der Waals surface area contributed by atoms with E-state index in [2.05, 4.69) is 20.8 Å². The molecule has 19 heavy (non-hydrogen) atoms. The van der Waals surface area contributed by atoms with Crippen molar-refractivity contribution in [2.24, 2.45) is 11.7 Å². The summed E-state index contributed by atoms with van der Waals surface area (Å²) in [6, 6.07) is 7.87. The smallest absolute Gasteiger partial charge is 0.310 e. The Morgan fingerprint density at radius 2 is 1.68 bits per heavy atom. The summed E-state index contributed by atoms with van der Waals surface area (Å²) in [6.45, 7) is 8.93. The van der Waals surface area contributed by atoms with E-state index in [-0.39, 0.29) is 0 Å². The van der Waals surface area contributed by atoms with E-state index in [1.165, 1.54) is 5.56 Å². The number of hydrogen-bond acceptors (Lipinski definition) is 2. The van der Waals surface area contributed by atoms with Crippen molar-refractivity contribution in [1.29, 1.82) is 0 Å². The van der Waals surface area contributed by atoms with Crippen LogP contribution in [-0.2, 0) is 11.2 Å². The van der Waals surface area contributed by atoms with Gasteiger partial charge in [-0.25, -0.2) is 0 Å². The maximum atomic E-state index is 10.8. The zero-order valence-electron chi connectivity index (χ0n) is 12.5. The fraction of sp³-hybridized carbons (Fsp3) is 0.562. The summed E-state index contributed by atoms with van der Waals surface area (Å²) in [7, 11) is 0. The average molecular weight is 265 g/mol. The molecule has 1 rings (SSSR count). The number of carboxylic acids is 1. The Morgan fingerprint density at radius 3 is 2.00 bits per heavy atom. The Morgan fingerprint density at radius 1 is 1.21 bits per heavy atom. The minimum atomic E-state index is -0.772. The fourth-order valence-corrected chi connectivity index (χ4v) is 1.56. The molecule has 0 spiro atoms. The van der Waals surface area contributed by atoms with Crippen molar-refractivity contribution in [3.05, 3.63) is 35.4 Å². The first-order valence-electron chi connectivity index (χ1n) is 6.94. The molecular formula is C16H27NO2. The molecule has 0 aliphatic heterocycles. The molecule has 0 aliphatic carbocycles. The van der Waals surface area contributed by atoms with Crippen LogP contribution >= 0.6 is 0 Å². The van der Waals surface area contributed by atoms with Crippen LogP contribution in [0.2, 0.25) is 0 Å². The lowest BCUT2D eigenvalue weighted by molar-refractivity contribution is -0.138. The van der Waals surface area contributed by atoms with Gasteiger partial charge in [-0.1, -0.05) is 45.0 Å². The van der Waals surface area contributed by atoms with Crippen LogP contribution in [0.15, 0.2) is 24.3 Å². The van der Waals surface area contributed by atoms with E-state index in [4.69, 9.17) is 10.8 Å². The van der Waals surface area contributed by atoms with Crippen LogP contribution in [-0.4, -0.2) is 17.6 Å². The van der Waals surface area contributed by atoms with Crippen molar-refractivity contribution in [1.82, 2.24) is 0 Å². The number of hydrogen-bond donors (Lipinski definition) is 2. The van der Waals surface area contributed by atoms with Gasteiger partial charge in [0.2, 0.25) is 0 Å². The molecule has 108 valence electrons. The Kier molecular flexibility index (Phi) is 8.88. The van der Waals surface area contributed by atoms with Gasteiger partial charge in [0.05, 0.1) is 5.92 Å². The molecule has 0 unspecified atom stereocenters. The lowest BCUT2D eigenvalue weighted by atomic mass is 9.97. The summed E-state index contributed by atoms with van der Waals surface area (Å²) in [5, 5.41) is 8.85. The Balaban J connectivity index is 0.000000711. The molecular weight excluding hydrogens is 238 g/mol. The predicted molar refractivity (Wildman–Crippen MR) is 80.4 cm³/mol. The molecule has 1 aromatic rings. The van der Waals surface area contributed by atoms with E-state index in [9.17, 15) is 4.79 Å². The highest BCUT2D eigenvalue weighted by molar-refractivity contribution is 5.75. The van der Waals surface area contributed by atoms with E-state index in [1.807, 2.05) is 24.3 Å². The molecule has 0 aliphatic rings. The molecule has 0 saturated carbocycles. The lowest BCUT2D eigenvalue weighted by Crippen LogP contribution is -2.07. The molecule has 0 amide bonds. The predicted octanol–water partition coefficient (Wildman–Crippen LogP) is 3.43. The van der Waals surface area contributed by atoms with E-state index < -0.39 is 11.9 Å². The first-order valence-corrected chi connectivity index (χ1v) is 6.94. The van der Waals surface area contributed by atoms with Crippen LogP contribution in [0.5, 0.6) is 0 Å². The molecule has 0 saturated heterocycles. The average Bonchev–Trinajstić information content (AvgIpc) is 2.38. The van der Waals surface area contributed by atoms with Crippen molar-refractivity contribution in [2.45, 2.75) is 46.5 Å². The molecule has 0 heterocycles. The summed E-state index contributed by atoms with van der Waals surface area (Å²) in [6.07, 6.45) is 2.14. The molecule has 0 radical (unpaired) electrons. The first kappa shape index (κ1) is 17.6. The summed E-state index contributed by atoms with van der Waals surface area (Å²) >= 11 is 0. The van der Waals surface area contributed by atoms with Gasteiger partial charge in [-0.2, -0.15) is 0 Å². The Bertz CT molecular complexity index is 356. The first-order chi connectivity index (χ1) is 8.92. The second kappa shape index (κ2) is 9.56. The maximum absolute atomic E-state index is 10.8. The van der Waals surface area contributed by atoms with E-state index in [1.54, 1.807) is 6.92 Å². The molecule has 1 atom stereocenters. The van der Waals surface area contributed by atoms with Crippen molar-refractivity contribution in [3.63, 3.8) is 0 Å². The highest BCUT2D eigenvalue weighted by Crippen LogP contribution is 2.17. The molecule has 0 aromatic heterocycles. The second-order valence-electron chi connectivity index (χ2n) is 5.19. The van der Waals surface area contributed by atoms with Gasteiger partial charge in [0, 0.05) is 0 Å². The quantitative estimate of drug-likeness (QED) is 0.857. The van der Waals surface area contributed by atoms with Gasteiger partial charge in [0.15, 0.2) is 0 Å². The van der Waals surface area contributed by atoms with Gasteiger partial charge < -0.3 is 10.8 Å². The number of carbonyl (C=O) groups is 1. The molecule has 0 fully saturated rings. The minimum absolute atomic E-state index is 0.418. The zero-order valence-corrected chi connectivity index (χ0v) is 12.5. The molecule has 3 N–H and O–H groups in total. The standard InChI is InChI=1S/C13H18O2.C3H9N/c1-9(2)8-11-4-6-12(7-5-11)10(3)13(14)15;1-2-3-4/h4-7,9-10H,8H2,1-3H3,(H,14,15);2-4H2,1H3/t10-;/m0./s1. The van der Waals surface area contributed by atoms with Crippen molar-refractivity contribution in [3.8, 4) is 0 Å². The van der Waals surface area contributed by atoms with Gasteiger partial charge >= 0.3 is 5.97 Å². The Hall–Kier alpha value is -1.35. The lowest BCUT2D eigenvalue weighted by Gasteiger charge is -2.09. The number of carboxylic acid groups (broad SMARTS) is 1. The zero-order chi connectivity index (χ0) is 14.8. The monoisotopic (exact) mass is 265 g/mol. The van der Waals surface area contributed by atoms with Gasteiger partial charge in [0.25, 0.3) is 0 Å². The summed E-state index contributed by atoms with van der Waals surface area (Å²) in [4.78, 5) is 10.8. The van der Waals surface area contributed by atoms with Crippen LogP contribution < -0.4 is 5.73 Å². The molecule has 3 nitrogen and oxygen atoms in total. The van der Waals surface area contributed by atoms with Crippen molar-refractivity contribution in [2.75, 3.05) is 6.54 Å². The van der Waals surface area contributed by atoms with Crippen molar-refractivity contribution >= 4 is 5.97 Å². The SMILES string of the molecule is CC(C)Cc1ccc([C@H](C)C(=O)O)cc1.CCCN. The summed E-state index contributed by atoms with van der Waals surface area (Å²) < 4.78 is 0. The topological polar surface area (TPSA) is 63.3 Å². The number of rotatable bonds is 5. The Labute approximate surface area is 116 Å². The van der Waals surface area contributed by atoms with Gasteiger partial charge in [0.1, 0.15) is 0 Å². The van der Waals surface area contributed by atoms with Crippen LogP contribution in [0.4, 0.5) is 0 Å². The second-order valence-corrected chi connectivity index (χ2v) is 5.19. The fourth-order valence-electron chi connectivity index (χ4n) is 1.56. The van der Waals surface area contributed by atoms with E-state index >= 15 is 0 Å². The molecule has 3 heteroatoms. The van der Waals surface area contributed by atoms with Crippen LogP contribution in [0.1, 0.15) is 51.2 Å². The third-order valence-electron chi connectivity index (χ3n) is 2.78. The van der Waals surface area contributed by atoms with Gasteiger partial charge in [-0.15, -0.1) is 0 Å². The number of nitrogens with two attached hydrogens (primary N) is 1. The largest absolute Gasteiger partial charge is 0.481 e. The molecule has 0 bridgehead atoms. The summed E-state index contributed by atoms with van der Waals surface area (Å²) in [5.41, 5.74) is 7.17. The maximum Gasteiger partial charge on any atom is 0.310 e. The normalized spacial score (nSPS) is 11.7. The minimum Gasteiger partial charge on any atom is -0.481 e. The van der Waals surface area contributed by atoms with Gasteiger partial charge in [-0.3, -0.25) is 4.79 Å².